The number of amides is 1. The standard InChI is InChI=1S/C12H14N2O6/c1-2-11(16)13-8(12(17)18)5-7-3-4-10(15)9(6-7)14(19)20/h3-4,6,8,15H,2,5H2,1H3,(H,13,16)(H,17,18). The molecule has 0 spiro atoms. The van der Waals surface area contributed by atoms with Crippen molar-refractivity contribution < 1.29 is 24.7 Å². The van der Waals surface area contributed by atoms with Gasteiger partial charge in [-0.25, -0.2) is 4.79 Å². The topological polar surface area (TPSA) is 130 Å². The molecule has 1 amide bonds. The summed E-state index contributed by atoms with van der Waals surface area (Å²) in [6.07, 6.45) is 0.0295. The van der Waals surface area contributed by atoms with Crippen LogP contribution in [0.1, 0.15) is 18.9 Å². The number of hydrogen-bond acceptors (Lipinski definition) is 5. The Labute approximate surface area is 114 Å². The highest BCUT2D eigenvalue weighted by molar-refractivity contribution is 5.83. The van der Waals surface area contributed by atoms with Crippen LogP contribution >= 0.6 is 0 Å². The van der Waals surface area contributed by atoms with Gasteiger partial charge in [0.1, 0.15) is 6.04 Å². The van der Waals surface area contributed by atoms with E-state index in [1.807, 2.05) is 0 Å². The molecule has 1 aromatic rings. The SMILES string of the molecule is CCC(=O)NC(Cc1ccc(O)c([N+](=O)[O-])c1)C(=O)O. The average Bonchev–Trinajstić information content (AvgIpc) is 2.39. The fraction of sp³-hybridized carbons (Fsp3) is 0.333. The molecule has 0 aromatic heterocycles. The minimum atomic E-state index is -1.23. The van der Waals surface area contributed by atoms with Gasteiger partial charge in [0.15, 0.2) is 5.75 Å². The maximum atomic E-state index is 11.2. The first kappa shape index (κ1) is 15.4. The zero-order chi connectivity index (χ0) is 15.3. The normalized spacial score (nSPS) is 11.7. The van der Waals surface area contributed by atoms with Crippen molar-refractivity contribution in [3.8, 4) is 5.75 Å². The first-order chi connectivity index (χ1) is 9.35. The molecule has 0 aliphatic heterocycles. The molecule has 0 radical (unpaired) electrons. The molecular weight excluding hydrogens is 268 g/mol. The lowest BCUT2D eigenvalue weighted by atomic mass is 10.0. The molecule has 0 aliphatic rings. The third kappa shape index (κ3) is 3.94. The van der Waals surface area contributed by atoms with E-state index in [0.29, 0.717) is 5.56 Å². The van der Waals surface area contributed by atoms with Gasteiger partial charge in [-0.1, -0.05) is 13.0 Å². The van der Waals surface area contributed by atoms with Crippen LogP contribution in [0.25, 0.3) is 0 Å². The molecule has 0 saturated heterocycles. The third-order valence-electron chi connectivity index (χ3n) is 2.63. The molecule has 3 N–H and O–H groups in total. The van der Waals surface area contributed by atoms with Crippen LogP contribution < -0.4 is 5.32 Å². The van der Waals surface area contributed by atoms with Crippen LogP contribution in [0, 0.1) is 10.1 Å². The number of carbonyl (C=O) groups is 2. The van der Waals surface area contributed by atoms with Gasteiger partial charge in [0.2, 0.25) is 5.91 Å². The molecule has 1 rings (SSSR count). The predicted octanol–water partition coefficient (Wildman–Crippen LogP) is 0.822. The minimum Gasteiger partial charge on any atom is -0.502 e. The number of phenols is 1. The number of nitro groups is 1. The molecule has 20 heavy (non-hydrogen) atoms. The number of rotatable bonds is 6. The van der Waals surface area contributed by atoms with E-state index in [-0.39, 0.29) is 12.8 Å². The Balaban J connectivity index is 2.94. The van der Waals surface area contributed by atoms with E-state index in [9.17, 15) is 24.8 Å². The van der Waals surface area contributed by atoms with Crippen LogP contribution in [0.2, 0.25) is 0 Å². The van der Waals surface area contributed by atoms with Gasteiger partial charge in [-0.15, -0.1) is 0 Å². The fourth-order valence-corrected chi connectivity index (χ4v) is 1.57. The lowest BCUT2D eigenvalue weighted by Crippen LogP contribution is -2.42. The summed E-state index contributed by atoms with van der Waals surface area (Å²) in [5.41, 5.74) is -0.174. The first-order valence-electron chi connectivity index (χ1n) is 5.83. The summed E-state index contributed by atoms with van der Waals surface area (Å²) in [4.78, 5) is 32.2. The maximum absolute atomic E-state index is 11.2. The molecule has 0 fully saturated rings. The number of phenolic OH excluding ortho intramolecular Hbond substituents is 1. The molecule has 1 aromatic carbocycles. The summed E-state index contributed by atoms with van der Waals surface area (Å²) >= 11 is 0. The summed E-state index contributed by atoms with van der Waals surface area (Å²) in [6, 6.07) is 2.40. The Kier molecular flexibility index (Phi) is 5.01. The average molecular weight is 282 g/mol. The molecule has 1 atom stereocenters. The van der Waals surface area contributed by atoms with Crippen molar-refractivity contribution in [3.63, 3.8) is 0 Å². The van der Waals surface area contributed by atoms with Gasteiger partial charge in [0.05, 0.1) is 4.92 Å². The van der Waals surface area contributed by atoms with Crippen molar-refractivity contribution in [1.29, 1.82) is 0 Å². The van der Waals surface area contributed by atoms with Crippen LogP contribution in [0.15, 0.2) is 18.2 Å². The third-order valence-corrected chi connectivity index (χ3v) is 2.63. The van der Waals surface area contributed by atoms with Gasteiger partial charge in [-0.2, -0.15) is 0 Å². The van der Waals surface area contributed by atoms with Crippen LogP contribution in [-0.4, -0.2) is 33.1 Å². The van der Waals surface area contributed by atoms with Crippen LogP contribution in [-0.2, 0) is 16.0 Å². The molecule has 8 heteroatoms. The highest BCUT2D eigenvalue weighted by Crippen LogP contribution is 2.26. The largest absolute Gasteiger partial charge is 0.502 e. The molecular formula is C12H14N2O6. The maximum Gasteiger partial charge on any atom is 0.326 e. The lowest BCUT2D eigenvalue weighted by Gasteiger charge is -2.14. The smallest absolute Gasteiger partial charge is 0.326 e. The number of aromatic hydroxyl groups is 1. The van der Waals surface area contributed by atoms with E-state index in [1.54, 1.807) is 6.92 Å². The number of carboxylic acids is 1. The zero-order valence-corrected chi connectivity index (χ0v) is 10.7. The van der Waals surface area contributed by atoms with E-state index in [4.69, 9.17) is 5.11 Å². The number of nitrogens with zero attached hydrogens (tertiary/aromatic N) is 1. The molecule has 108 valence electrons. The quantitative estimate of drug-likeness (QED) is 0.523. The Morgan fingerprint density at radius 2 is 2.10 bits per heavy atom. The second-order valence-corrected chi connectivity index (χ2v) is 4.10. The van der Waals surface area contributed by atoms with Gasteiger partial charge in [-0.3, -0.25) is 14.9 Å². The second-order valence-electron chi connectivity index (χ2n) is 4.10. The molecule has 0 heterocycles. The van der Waals surface area contributed by atoms with E-state index >= 15 is 0 Å². The molecule has 0 aliphatic carbocycles. The summed E-state index contributed by atoms with van der Waals surface area (Å²) in [5, 5.41) is 31.3. The van der Waals surface area contributed by atoms with E-state index < -0.39 is 34.3 Å². The lowest BCUT2D eigenvalue weighted by molar-refractivity contribution is -0.385. The van der Waals surface area contributed by atoms with Crippen LogP contribution in [0.3, 0.4) is 0 Å². The van der Waals surface area contributed by atoms with Gasteiger partial charge in [0, 0.05) is 18.9 Å². The minimum absolute atomic E-state index is 0.109. The Hall–Kier alpha value is -2.64. The van der Waals surface area contributed by atoms with Gasteiger partial charge >= 0.3 is 11.7 Å². The van der Waals surface area contributed by atoms with Gasteiger partial charge in [0.25, 0.3) is 0 Å². The zero-order valence-electron chi connectivity index (χ0n) is 10.7. The van der Waals surface area contributed by atoms with Crippen molar-refractivity contribution in [3.05, 3.63) is 33.9 Å². The van der Waals surface area contributed by atoms with Crippen molar-refractivity contribution in [2.45, 2.75) is 25.8 Å². The number of nitrogens with one attached hydrogen (secondary N) is 1. The summed E-state index contributed by atoms with van der Waals surface area (Å²) < 4.78 is 0. The number of carbonyl (C=O) groups excluding carboxylic acids is 1. The first-order valence-corrected chi connectivity index (χ1v) is 5.83. The second kappa shape index (κ2) is 6.50. The van der Waals surface area contributed by atoms with Crippen LogP contribution in [0.4, 0.5) is 5.69 Å². The highest BCUT2D eigenvalue weighted by Gasteiger charge is 2.21. The van der Waals surface area contributed by atoms with Crippen molar-refractivity contribution in [2.75, 3.05) is 0 Å². The molecule has 0 bridgehead atoms. The van der Waals surface area contributed by atoms with Crippen molar-refractivity contribution in [2.24, 2.45) is 0 Å². The van der Waals surface area contributed by atoms with Gasteiger partial charge < -0.3 is 15.5 Å². The van der Waals surface area contributed by atoms with Crippen molar-refractivity contribution >= 4 is 17.6 Å². The Morgan fingerprint density at radius 3 is 2.60 bits per heavy atom. The van der Waals surface area contributed by atoms with E-state index in [0.717, 1.165) is 12.1 Å². The Bertz CT molecular complexity index is 543. The molecule has 1 unspecified atom stereocenters. The number of nitro benzene ring substituents is 1. The van der Waals surface area contributed by atoms with E-state index in [1.165, 1.54) is 6.07 Å². The van der Waals surface area contributed by atoms with Crippen LogP contribution in [0.5, 0.6) is 5.75 Å². The molecule has 8 nitrogen and oxygen atoms in total. The fourth-order valence-electron chi connectivity index (χ4n) is 1.57. The number of carboxylic acid groups (broad SMARTS) is 1. The van der Waals surface area contributed by atoms with E-state index in [2.05, 4.69) is 5.32 Å². The monoisotopic (exact) mass is 282 g/mol. The summed E-state index contributed by atoms with van der Waals surface area (Å²) in [5.74, 6) is -2.16. The number of aliphatic carboxylic acids is 1. The Morgan fingerprint density at radius 1 is 1.45 bits per heavy atom. The summed E-state index contributed by atoms with van der Waals surface area (Å²) in [7, 11) is 0. The number of hydrogen-bond donors (Lipinski definition) is 3. The highest BCUT2D eigenvalue weighted by atomic mass is 16.6. The predicted molar refractivity (Wildman–Crippen MR) is 68.3 cm³/mol. The molecule has 0 saturated carbocycles. The van der Waals surface area contributed by atoms with Crippen molar-refractivity contribution in [1.82, 2.24) is 5.32 Å². The van der Waals surface area contributed by atoms with Gasteiger partial charge in [-0.05, 0) is 11.6 Å². The number of benzene rings is 1. The summed E-state index contributed by atoms with van der Waals surface area (Å²) in [6.45, 7) is 1.58.